The average molecular weight is 310 g/mol. The average Bonchev–Trinajstić information content (AvgIpc) is 2.48. The summed E-state index contributed by atoms with van der Waals surface area (Å²) < 4.78 is 5.18. The number of hydrogen-bond acceptors (Lipinski definition) is 2. The summed E-state index contributed by atoms with van der Waals surface area (Å²) in [7, 11) is 3.62. The van der Waals surface area contributed by atoms with Gasteiger partial charge in [-0.05, 0) is 48.9 Å². The number of likely N-dealkylation sites (N-methyl/N-ethyl adjacent to an activating group) is 1. The van der Waals surface area contributed by atoms with Crippen molar-refractivity contribution < 1.29 is 4.74 Å². The molecule has 2 aromatic rings. The van der Waals surface area contributed by atoms with Crippen LogP contribution in [-0.4, -0.2) is 14.2 Å². The van der Waals surface area contributed by atoms with E-state index in [2.05, 4.69) is 17.4 Å². The Kier molecular flexibility index (Phi) is 5.30. The maximum atomic E-state index is 6.06. The fourth-order valence-electron chi connectivity index (χ4n) is 2.13. The quantitative estimate of drug-likeness (QED) is 0.877. The van der Waals surface area contributed by atoms with E-state index in [0.29, 0.717) is 10.0 Å². The zero-order chi connectivity index (χ0) is 14.5. The molecule has 2 aromatic carbocycles. The summed E-state index contributed by atoms with van der Waals surface area (Å²) in [5.74, 6) is 0.859. The van der Waals surface area contributed by atoms with Crippen LogP contribution in [0.5, 0.6) is 5.75 Å². The molecule has 0 spiro atoms. The predicted molar refractivity (Wildman–Crippen MR) is 85.0 cm³/mol. The van der Waals surface area contributed by atoms with E-state index in [1.54, 1.807) is 7.11 Å². The second-order valence-corrected chi connectivity index (χ2v) is 5.38. The van der Waals surface area contributed by atoms with Crippen LogP contribution in [-0.2, 0) is 6.42 Å². The minimum absolute atomic E-state index is 0.221. The first kappa shape index (κ1) is 15.2. The molecule has 0 aliphatic heterocycles. The minimum atomic E-state index is 0.221. The van der Waals surface area contributed by atoms with Crippen molar-refractivity contribution in [1.29, 1.82) is 0 Å². The molecule has 106 valence electrons. The summed E-state index contributed by atoms with van der Waals surface area (Å²) in [5.41, 5.74) is 2.36. The molecule has 0 heterocycles. The molecule has 20 heavy (non-hydrogen) atoms. The largest absolute Gasteiger partial charge is 0.497 e. The molecule has 4 heteroatoms. The number of rotatable bonds is 5. The van der Waals surface area contributed by atoms with Gasteiger partial charge in [0.2, 0.25) is 0 Å². The highest BCUT2D eigenvalue weighted by atomic mass is 35.5. The fraction of sp³-hybridized carbons (Fsp3) is 0.250. The van der Waals surface area contributed by atoms with Crippen LogP contribution < -0.4 is 10.1 Å². The van der Waals surface area contributed by atoms with Gasteiger partial charge in [-0.25, -0.2) is 0 Å². The van der Waals surface area contributed by atoms with Crippen LogP contribution >= 0.6 is 23.2 Å². The standard InChI is InChI=1S/C16H17Cl2NO/c1-19-16(12-4-6-13(20-2)7-5-12)10-11-3-8-14(17)15(18)9-11/h3-9,16,19H,10H2,1-2H3. The lowest BCUT2D eigenvalue weighted by atomic mass is 9.99. The first-order chi connectivity index (χ1) is 9.63. The van der Waals surface area contributed by atoms with E-state index >= 15 is 0 Å². The van der Waals surface area contributed by atoms with Crippen molar-refractivity contribution in [2.24, 2.45) is 0 Å². The molecule has 1 atom stereocenters. The van der Waals surface area contributed by atoms with E-state index in [1.807, 2.05) is 37.4 Å². The van der Waals surface area contributed by atoms with Crippen molar-refractivity contribution in [3.05, 3.63) is 63.6 Å². The smallest absolute Gasteiger partial charge is 0.118 e. The lowest BCUT2D eigenvalue weighted by Crippen LogP contribution is -2.18. The van der Waals surface area contributed by atoms with Gasteiger partial charge in [-0.3, -0.25) is 0 Å². The number of ether oxygens (including phenoxy) is 1. The highest BCUT2D eigenvalue weighted by molar-refractivity contribution is 6.42. The third kappa shape index (κ3) is 3.66. The van der Waals surface area contributed by atoms with Gasteiger partial charge in [-0.1, -0.05) is 41.4 Å². The Morgan fingerprint density at radius 3 is 2.30 bits per heavy atom. The maximum absolute atomic E-state index is 6.06. The van der Waals surface area contributed by atoms with Crippen molar-refractivity contribution in [2.45, 2.75) is 12.5 Å². The Labute approximate surface area is 129 Å². The Morgan fingerprint density at radius 2 is 1.75 bits per heavy atom. The van der Waals surface area contributed by atoms with Gasteiger partial charge in [0.05, 0.1) is 17.2 Å². The van der Waals surface area contributed by atoms with Crippen LogP contribution in [0.4, 0.5) is 0 Å². The summed E-state index contributed by atoms with van der Waals surface area (Å²) in [6.45, 7) is 0. The molecular formula is C16H17Cl2NO. The van der Waals surface area contributed by atoms with Crippen molar-refractivity contribution in [2.75, 3.05) is 14.2 Å². The summed E-state index contributed by atoms with van der Waals surface area (Å²) in [6, 6.07) is 14.0. The highest BCUT2D eigenvalue weighted by Crippen LogP contribution is 2.26. The van der Waals surface area contributed by atoms with E-state index in [0.717, 1.165) is 17.7 Å². The summed E-state index contributed by atoms with van der Waals surface area (Å²) in [5, 5.41) is 4.50. The third-order valence-corrected chi connectivity index (χ3v) is 4.03. The van der Waals surface area contributed by atoms with Gasteiger partial charge in [0.1, 0.15) is 5.75 Å². The number of hydrogen-bond donors (Lipinski definition) is 1. The zero-order valence-electron chi connectivity index (χ0n) is 11.5. The normalized spacial score (nSPS) is 12.2. The Bertz CT molecular complexity index is 569. The minimum Gasteiger partial charge on any atom is -0.497 e. The fourth-order valence-corrected chi connectivity index (χ4v) is 2.45. The zero-order valence-corrected chi connectivity index (χ0v) is 13.0. The number of halogens is 2. The Morgan fingerprint density at radius 1 is 1.05 bits per heavy atom. The first-order valence-corrected chi connectivity index (χ1v) is 7.14. The summed E-state index contributed by atoms with van der Waals surface area (Å²) in [6.07, 6.45) is 0.847. The maximum Gasteiger partial charge on any atom is 0.118 e. The highest BCUT2D eigenvalue weighted by Gasteiger charge is 2.11. The second-order valence-electron chi connectivity index (χ2n) is 4.57. The van der Waals surface area contributed by atoms with Crippen molar-refractivity contribution >= 4 is 23.2 Å². The molecule has 0 saturated carbocycles. The number of benzene rings is 2. The molecule has 0 aliphatic rings. The van der Waals surface area contributed by atoms with Crippen LogP contribution in [0.2, 0.25) is 10.0 Å². The second kappa shape index (κ2) is 6.98. The van der Waals surface area contributed by atoms with Crippen molar-refractivity contribution in [1.82, 2.24) is 5.32 Å². The van der Waals surface area contributed by atoms with Gasteiger partial charge in [0.25, 0.3) is 0 Å². The Balaban J connectivity index is 2.16. The van der Waals surface area contributed by atoms with Crippen LogP contribution in [0.1, 0.15) is 17.2 Å². The third-order valence-electron chi connectivity index (χ3n) is 3.29. The van der Waals surface area contributed by atoms with Crippen LogP contribution in [0.25, 0.3) is 0 Å². The van der Waals surface area contributed by atoms with Gasteiger partial charge in [0, 0.05) is 6.04 Å². The van der Waals surface area contributed by atoms with Gasteiger partial charge in [0.15, 0.2) is 0 Å². The topological polar surface area (TPSA) is 21.3 Å². The molecule has 0 bridgehead atoms. The molecule has 2 rings (SSSR count). The first-order valence-electron chi connectivity index (χ1n) is 6.39. The molecule has 1 unspecified atom stereocenters. The molecule has 1 N–H and O–H groups in total. The van der Waals surface area contributed by atoms with Crippen LogP contribution in [0.3, 0.4) is 0 Å². The van der Waals surface area contributed by atoms with E-state index in [-0.39, 0.29) is 6.04 Å². The summed E-state index contributed by atoms with van der Waals surface area (Å²) in [4.78, 5) is 0. The van der Waals surface area contributed by atoms with Crippen LogP contribution in [0.15, 0.2) is 42.5 Å². The van der Waals surface area contributed by atoms with Gasteiger partial charge in [-0.2, -0.15) is 0 Å². The van der Waals surface area contributed by atoms with Crippen LogP contribution in [0, 0.1) is 0 Å². The molecule has 0 fully saturated rings. The molecule has 0 amide bonds. The summed E-state index contributed by atoms with van der Waals surface area (Å²) >= 11 is 12.0. The van der Waals surface area contributed by atoms with E-state index in [9.17, 15) is 0 Å². The lowest BCUT2D eigenvalue weighted by Gasteiger charge is -2.17. The lowest BCUT2D eigenvalue weighted by molar-refractivity contribution is 0.414. The molecule has 0 aliphatic carbocycles. The molecule has 0 aromatic heterocycles. The van der Waals surface area contributed by atoms with Gasteiger partial charge < -0.3 is 10.1 Å². The van der Waals surface area contributed by atoms with Gasteiger partial charge in [-0.15, -0.1) is 0 Å². The molecular weight excluding hydrogens is 293 g/mol. The van der Waals surface area contributed by atoms with Crippen molar-refractivity contribution in [3.8, 4) is 5.75 Å². The van der Waals surface area contributed by atoms with Gasteiger partial charge >= 0.3 is 0 Å². The molecule has 0 radical (unpaired) electrons. The van der Waals surface area contributed by atoms with Crippen molar-refractivity contribution in [3.63, 3.8) is 0 Å². The van der Waals surface area contributed by atoms with E-state index in [1.165, 1.54) is 5.56 Å². The SMILES string of the molecule is CNC(Cc1ccc(Cl)c(Cl)c1)c1ccc(OC)cc1. The van der Waals surface area contributed by atoms with E-state index in [4.69, 9.17) is 27.9 Å². The molecule has 2 nitrogen and oxygen atoms in total. The number of nitrogens with one attached hydrogen (secondary N) is 1. The predicted octanol–water partition coefficient (Wildman–Crippen LogP) is 4.51. The molecule has 0 saturated heterocycles. The van der Waals surface area contributed by atoms with E-state index < -0.39 is 0 Å². The number of methoxy groups -OCH3 is 1. The Hall–Kier alpha value is -1.22. The monoisotopic (exact) mass is 309 g/mol.